The maximum Gasteiger partial charge on any atom is 0.269 e. The van der Waals surface area contributed by atoms with Crippen LogP contribution in [0.4, 0.5) is 5.69 Å². The second-order valence-corrected chi connectivity index (χ2v) is 10.1. The van der Waals surface area contributed by atoms with Crippen LogP contribution in [0.3, 0.4) is 0 Å². The minimum absolute atomic E-state index is 0.0284. The number of hydrogen-bond donors (Lipinski definition) is 1. The van der Waals surface area contributed by atoms with Crippen LogP contribution in [0, 0.1) is 16.0 Å². The van der Waals surface area contributed by atoms with Crippen LogP contribution < -0.4 is 10.9 Å². The second kappa shape index (κ2) is 11.8. The number of nitrogens with zero attached hydrogens (tertiary/aromatic N) is 3. The molecule has 3 aromatic carbocycles. The first kappa shape index (κ1) is 26.1. The number of aromatic nitrogens is 2. The number of amides is 1. The third-order valence-corrected chi connectivity index (χ3v) is 6.88. The quantitative estimate of drug-likeness (QED) is 0.134. The van der Waals surface area contributed by atoms with E-state index in [-0.39, 0.29) is 17.2 Å². The van der Waals surface area contributed by atoms with Gasteiger partial charge in [-0.1, -0.05) is 68.1 Å². The minimum Gasteiger partial charge on any atom is -0.352 e. The Kier molecular flexibility index (Phi) is 8.35. The monoisotopic (exact) mass is 516 g/mol. The molecule has 9 heteroatoms. The fourth-order valence-electron chi connectivity index (χ4n) is 3.80. The molecule has 0 saturated heterocycles. The van der Waals surface area contributed by atoms with E-state index in [2.05, 4.69) is 5.32 Å². The van der Waals surface area contributed by atoms with Gasteiger partial charge < -0.3 is 5.32 Å². The van der Waals surface area contributed by atoms with E-state index in [0.29, 0.717) is 52.8 Å². The van der Waals surface area contributed by atoms with Crippen LogP contribution in [-0.4, -0.2) is 26.9 Å². The number of carbonyl (C=O) groups excluding carboxylic acids is 1. The topological polar surface area (TPSA) is 107 Å². The minimum atomic E-state index is -0.433. The standard InChI is InChI=1S/C28H28N4O4S/c1-19(2)17-29-26(33)22-10-13-24-25(16-22)30-28(37-18-21-8-11-23(12-9-21)32(35)36)31(27(24)34)15-14-20-6-4-3-5-7-20/h3-13,16,19H,14-15,17-18H2,1-2H3,(H,29,33). The zero-order chi connectivity index (χ0) is 26.4. The predicted octanol–water partition coefficient (Wildman–Crippen LogP) is 5.23. The maximum absolute atomic E-state index is 13.5. The molecule has 190 valence electrons. The Morgan fingerprint density at radius 2 is 1.78 bits per heavy atom. The summed E-state index contributed by atoms with van der Waals surface area (Å²) < 4.78 is 1.67. The largest absolute Gasteiger partial charge is 0.352 e. The summed E-state index contributed by atoms with van der Waals surface area (Å²) in [6.45, 7) is 5.05. The molecule has 0 atom stereocenters. The molecule has 8 nitrogen and oxygen atoms in total. The lowest BCUT2D eigenvalue weighted by molar-refractivity contribution is -0.384. The van der Waals surface area contributed by atoms with Gasteiger partial charge in [0.1, 0.15) is 0 Å². The van der Waals surface area contributed by atoms with Gasteiger partial charge in [-0.3, -0.25) is 24.3 Å². The van der Waals surface area contributed by atoms with Crippen molar-refractivity contribution in [3.63, 3.8) is 0 Å². The van der Waals surface area contributed by atoms with Crippen molar-refractivity contribution in [1.82, 2.24) is 14.9 Å². The summed E-state index contributed by atoms with van der Waals surface area (Å²) >= 11 is 1.39. The highest BCUT2D eigenvalue weighted by Gasteiger charge is 2.15. The predicted molar refractivity (Wildman–Crippen MR) is 146 cm³/mol. The van der Waals surface area contributed by atoms with E-state index in [1.165, 1.54) is 23.9 Å². The molecule has 1 N–H and O–H groups in total. The summed E-state index contributed by atoms with van der Waals surface area (Å²) in [6, 6.07) is 21.2. The molecule has 4 aromatic rings. The van der Waals surface area contributed by atoms with Crippen molar-refractivity contribution in [3.05, 3.63) is 110 Å². The molecular formula is C28H28N4O4S. The molecular weight excluding hydrogens is 488 g/mol. The van der Waals surface area contributed by atoms with Crippen molar-refractivity contribution >= 4 is 34.3 Å². The Hall–Kier alpha value is -3.98. The lowest BCUT2D eigenvalue weighted by atomic mass is 10.1. The van der Waals surface area contributed by atoms with Gasteiger partial charge in [0.05, 0.1) is 15.8 Å². The number of thioether (sulfide) groups is 1. The first-order chi connectivity index (χ1) is 17.8. The molecule has 0 unspecified atom stereocenters. The van der Waals surface area contributed by atoms with Gasteiger partial charge in [0.2, 0.25) is 0 Å². The Balaban J connectivity index is 1.66. The zero-order valence-electron chi connectivity index (χ0n) is 20.7. The van der Waals surface area contributed by atoms with Crippen molar-refractivity contribution in [3.8, 4) is 0 Å². The molecule has 0 radical (unpaired) electrons. The van der Waals surface area contributed by atoms with Crippen LogP contribution in [-0.2, 0) is 18.7 Å². The molecule has 0 bridgehead atoms. The Morgan fingerprint density at radius 3 is 2.46 bits per heavy atom. The maximum atomic E-state index is 13.5. The van der Waals surface area contributed by atoms with Crippen LogP contribution >= 0.6 is 11.8 Å². The van der Waals surface area contributed by atoms with Crippen molar-refractivity contribution < 1.29 is 9.72 Å². The summed E-state index contributed by atoms with van der Waals surface area (Å²) in [5.41, 5.74) is 2.76. The van der Waals surface area contributed by atoms with Gasteiger partial charge in [-0.2, -0.15) is 0 Å². The number of hydrogen-bond acceptors (Lipinski definition) is 6. The third-order valence-electron chi connectivity index (χ3n) is 5.84. The normalized spacial score (nSPS) is 11.1. The summed E-state index contributed by atoms with van der Waals surface area (Å²) in [6.07, 6.45) is 0.661. The number of nitro groups is 1. The Morgan fingerprint density at radius 1 is 1.05 bits per heavy atom. The van der Waals surface area contributed by atoms with Crippen LogP contribution in [0.1, 0.15) is 35.3 Å². The average Bonchev–Trinajstić information content (AvgIpc) is 2.90. The van der Waals surface area contributed by atoms with Gasteiger partial charge in [-0.05, 0) is 41.7 Å². The van der Waals surface area contributed by atoms with E-state index in [9.17, 15) is 19.7 Å². The van der Waals surface area contributed by atoms with Crippen LogP contribution in [0.15, 0.2) is 82.7 Å². The molecule has 0 fully saturated rings. The molecule has 1 amide bonds. The fourth-order valence-corrected chi connectivity index (χ4v) is 4.78. The number of rotatable bonds is 10. The molecule has 0 aliphatic heterocycles. The smallest absolute Gasteiger partial charge is 0.269 e. The van der Waals surface area contributed by atoms with Crippen LogP contribution in [0.5, 0.6) is 0 Å². The van der Waals surface area contributed by atoms with Crippen molar-refractivity contribution in [2.45, 2.75) is 37.7 Å². The lowest BCUT2D eigenvalue weighted by Gasteiger charge is -2.14. The first-order valence-electron chi connectivity index (χ1n) is 12.0. The van der Waals surface area contributed by atoms with E-state index in [4.69, 9.17) is 4.98 Å². The Bertz CT molecular complexity index is 1470. The van der Waals surface area contributed by atoms with Gasteiger partial charge in [0.25, 0.3) is 17.2 Å². The van der Waals surface area contributed by atoms with Crippen molar-refractivity contribution in [1.29, 1.82) is 0 Å². The average molecular weight is 517 g/mol. The Labute approximate surface area is 218 Å². The van der Waals surface area contributed by atoms with Crippen molar-refractivity contribution in [2.75, 3.05) is 6.54 Å². The molecule has 0 spiro atoms. The summed E-state index contributed by atoms with van der Waals surface area (Å²) in [5, 5.41) is 14.8. The van der Waals surface area contributed by atoms with E-state index in [1.54, 1.807) is 34.9 Å². The van der Waals surface area contributed by atoms with E-state index >= 15 is 0 Å². The number of nitrogens with one attached hydrogen (secondary N) is 1. The molecule has 0 aliphatic carbocycles. The molecule has 37 heavy (non-hydrogen) atoms. The SMILES string of the molecule is CC(C)CNC(=O)c1ccc2c(=O)n(CCc3ccccc3)c(SCc3ccc([N+](=O)[O-])cc3)nc2c1. The molecule has 1 aromatic heterocycles. The number of benzene rings is 3. The fraction of sp³-hybridized carbons (Fsp3) is 0.250. The first-order valence-corrected chi connectivity index (χ1v) is 13.0. The van der Waals surface area contributed by atoms with Gasteiger partial charge in [0, 0.05) is 36.5 Å². The summed E-state index contributed by atoms with van der Waals surface area (Å²) in [5.74, 6) is 0.600. The highest BCUT2D eigenvalue weighted by atomic mass is 32.2. The molecule has 1 heterocycles. The highest BCUT2D eigenvalue weighted by molar-refractivity contribution is 7.98. The van der Waals surface area contributed by atoms with E-state index in [1.807, 2.05) is 44.2 Å². The number of fused-ring (bicyclic) bond motifs is 1. The molecule has 4 rings (SSSR count). The molecule has 0 aliphatic rings. The van der Waals surface area contributed by atoms with Gasteiger partial charge in [0.15, 0.2) is 5.16 Å². The van der Waals surface area contributed by atoms with Gasteiger partial charge >= 0.3 is 0 Å². The van der Waals surface area contributed by atoms with Gasteiger partial charge in [-0.25, -0.2) is 4.98 Å². The van der Waals surface area contributed by atoms with Crippen LogP contribution in [0.25, 0.3) is 10.9 Å². The zero-order valence-corrected chi connectivity index (χ0v) is 21.5. The highest BCUT2D eigenvalue weighted by Crippen LogP contribution is 2.24. The van der Waals surface area contributed by atoms with Crippen molar-refractivity contribution in [2.24, 2.45) is 5.92 Å². The second-order valence-electron chi connectivity index (χ2n) is 9.13. The number of carbonyl (C=O) groups is 1. The van der Waals surface area contributed by atoms with Crippen LogP contribution in [0.2, 0.25) is 0 Å². The van der Waals surface area contributed by atoms with E-state index < -0.39 is 4.92 Å². The number of nitro benzene ring substituents is 1. The van der Waals surface area contributed by atoms with Gasteiger partial charge in [-0.15, -0.1) is 0 Å². The number of non-ortho nitro benzene ring substituents is 1. The third kappa shape index (κ3) is 6.62. The number of aryl methyl sites for hydroxylation is 1. The summed E-state index contributed by atoms with van der Waals surface area (Å²) in [7, 11) is 0. The summed E-state index contributed by atoms with van der Waals surface area (Å²) in [4.78, 5) is 41.4. The lowest BCUT2D eigenvalue weighted by Crippen LogP contribution is -2.28. The molecule has 0 saturated carbocycles. The van der Waals surface area contributed by atoms with E-state index in [0.717, 1.165) is 11.1 Å².